The number of rotatable bonds is 6. The van der Waals surface area contributed by atoms with Crippen molar-refractivity contribution in [3.8, 4) is 0 Å². The van der Waals surface area contributed by atoms with Crippen LogP contribution in [0, 0.1) is 13.8 Å². The number of nitrogen functional groups attached to an aromatic ring is 2. The summed E-state index contributed by atoms with van der Waals surface area (Å²) in [6.45, 7) is 4.14. The number of hydrogen-bond acceptors (Lipinski definition) is 3. The molecule has 4 rings (SSSR count). The molecule has 0 aliphatic heterocycles. The third-order valence-corrected chi connectivity index (χ3v) is 5.53. The largest absolute Gasteiger partial charge is 0.398 e. The van der Waals surface area contributed by atoms with E-state index in [1.165, 1.54) is 0 Å². The molecular weight excluding hydrogens is 380 g/mol. The van der Waals surface area contributed by atoms with Gasteiger partial charge in [-0.05, 0) is 37.1 Å². The van der Waals surface area contributed by atoms with Gasteiger partial charge >= 0.3 is 0 Å². The molecule has 2 unspecified atom stereocenters. The third kappa shape index (κ3) is 4.62. The van der Waals surface area contributed by atoms with Crippen LogP contribution >= 0.6 is 0 Å². The second-order valence-electron chi connectivity index (χ2n) is 7.98. The van der Waals surface area contributed by atoms with Crippen molar-refractivity contribution < 1.29 is 4.74 Å². The zero-order valence-electron chi connectivity index (χ0n) is 18.0. The summed E-state index contributed by atoms with van der Waals surface area (Å²) in [6, 6.07) is 32.6. The standard InChI is InChI=1S/C28H28N2O/c1-19-13-15-25(29)23(17-19)27(21-9-5-3-6-10-21)31-28(22-11-7-4-8-12-22)24-18-20(2)14-16-26(24)30/h3-18,27-28H,29-30H2,1-2H3. The normalized spacial score (nSPS) is 13.0. The number of hydrogen-bond donors (Lipinski definition) is 2. The lowest BCUT2D eigenvalue weighted by Gasteiger charge is -2.28. The molecule has 4 aromatic carbocycles. The minimum atomic E-state index is -0.341. The average molecular weight is 409 g/mol. The maximum atomic E-state index is 6.91. The highest BCUT2D eigenvalue weighted by Gasteiger charge is 2.26. The molecule has 2 atom stereocenters. The van der Waals surface area contributed by atoms with Crippen LogP contribution < -0.4 is 11.5 Å². The molecule has 0 amide bonds. The highest BCUT2D eigenvalue weighted by atomic mass is 16.5. The molecule has 0 saturated heterocycles. The fourth-order valence-electron chi connectivity index (χ4n) is 3.90. The highest BCUT2D eigenvalue weighted by molar-refractivity contribution is 5.54. The number of nitrogens with two attached hydrogens (primary N) is 2. The molecule has 3 heteroatoms. The summed E-state index contributed by atoms with van der Waals surface area (Å²) in [4.78, 5) is 0. The van der Waals surface area contributed by atoms with Crippen LogP contribution in [-0.4, -0.2) is 0 Å². The van der Waals surface area contributed by atoms with Crippen LogP contribution in [0.2, 0.25) is 0 Å². The molecule has 0 aliphatic carbocycles. The van der Waals surface area contributed by atoms with Gasteiger partial charge in [-0.2, -0.15) is 0 Å². The van der Waals surface area contributed by atoms with Crippen molar-refractivity contribution in [3.05, 3.63) is 130 Å². The van der Waals surface area contributed by atoms with Gasteiger partial charge in [-0.25, -0.2) is 0 Å². The highest BCUT2D eigenvalue weighted by Crippen LogP contribution is 2.39. The second-order valence-corrected chi connectivity index (χ2v) is 7.98. The van der Waals surface area contributed by atoms with Crippen molar-refractivity contribution in [2.24, 2.45) is 0 Å². The first-order chi connectivity index (χ1) is 15.0. The fourth-order valence-corrected chi connectivity index (χ4v) is 3.90. The molecule has 0 radical (unpaired) electrons. The minimum absolute atomic E-state index is 0.341. The van der Waals surface area contributed by atoms with Gasteiger partial charge in [0.25, 0.3) is 0 Å². The summed E-state index contributed by atoms with van der Waals surface area (Å²) in [5.74, 6) is 0. The van der Waals surface area contributed by atoms with Gasteiger partial charge in [-0.1, -0.05) is 96.1 Å². The summed E-state index contributed by atoms with van der Waals surface area (Å²) in [5.41, 5.74) is 20.6. The smallest absolute Gasteiger partial charge is 0.111 e. The van der Waals surface area contributed by atoms with Crippen molar-refractivity contribution >= 4 is 11.4 Å². The lowest BCUT2D eigenvalue weighted by atomic mass is 9.95. The van der Waals surface area contributed by atoms with Gasteiger partial charge in [0, 0.05) is 22.5 Å². The van der Waals surface area contributed by atoms with Gasteiger partial charge in [-0.3, -0.25) is 0 Å². The molecule has 31 heavy (non-hydrogen) atoms. The molecule has 4 N–H and O–H groups in total. The van der Waals surface area contributed by atoms with Gasteiger partial charge in [0.2, 0.25) is 0 Å². The fraction of sp³-hybridized carbons (Fsp3) is 0.143. The van der Waals surface area contributed by atoms with Gasteiger partial charge in [-0.15, -0.1) is 0 Å². The monoisotopic (exact) mass is 408 g/mol. The molecule has 156 valence electrons. The van der Waals surface area contributed by atoms with E-state index in [0.29, 0.717) is 11.4 Å². The zero-order chi connectivity index (χ0) is 21.8. The Morgan fingerprint density at radius 1 is 0.548 bits per heavy atom. The van der Waals surface area contributed by atoms with Gasteiger partial charge in [0.05, 0.1) is 0 Å². The van der Waals surface area contributed by atoms with E-state index < -0.39 is 0 Å². The molecular formula is C28H28N2O. The Morgan fingerprint density at radius 2 is 0.935 bits per heavy atom. The van der Waals surface area contributed by atoms with E-state index in [0.717, 1.165) is 33.4 Å². The summed E-state index contributed by atoms with van der Waals surface area (Å²) < 4.78 is 6.91. The topological polar surface area (TPSA) is 61.3 Å². The van der Waals surface area contributed by atoms with Crippen molar-refractivity contribution in [3.63, 3.8) is 0 Å². The van der Waals surface area contributed by atoms with E-state index in [4.69, 9.17) is 16.2 Å². The quantitative estimate of drug-likeness (QED) is 0.365. The Kier molecular flexibility index (Phi) is 6.06. The molecule has 0 saturated carbocycles. The van der Waals surface area contributed by atoms with E-state index in [1.54, 1.807) is 0 Å². The van der Waals surface area contributed by atoms with E-state index in [1.807, 2.05) is 60.7 Å². The van der Waals surface area contributed by atoms with Crippen LogP contribution in [-0.2, 0) is 4.74 Å². The first-order valence-corrected chi connectivity index (χ1v) is 10.5. The summed E-state index contributed by atoms with van der Waals surface area (Å²) >= 11 is 0. The Balaban J connectivity index is 1.87. The first kappa shape index (κ1) is 20.7. The Labute approximate surface area is 184 Å². The lowest BCUT2D eigenvalue weighted by Crippen LogP contribution is -2.16. The van der Waals surface area contributed by atoms with Crippen LogP contribution in [0.4, 0.5) is 11.4 Å². The predicted octanol–water partition coefficient (Wildman–Crippen LogP) is 6.36. The molecule has 3 nitrogen and oxygen atoms in total. The van der Waals surface area contributed by atoms with Crippen molar-refractivity contribution in [2.75, 3.05) is 11.5 Å². The number of anilines is 2. The van der Waals surface area contributed by atoms with Crippen molar-refractivity contribution in [1.82, 2.24) is 0 Å². The molecule has 4 aromatic rings. The predicted molar refractivity (Wildman–Crippen MR) is 129 cm³/mol. The van der Waals surface area contributed by atoms with Crippen molar-refractivity contribution in [2.45, 2.75) is 26.1 Å². The molecule has 0 aliphatic rings. The first-order valence-electron chi connectivity index (χ1n) is 10.5. The molecule has 0 aromatic heterocycles. The van der Waals surface area contributed by atoms with Crippen LogP contribution in [0.15, 0.2) is 97.1 Å². The molecule has 0 bridgehead atoms. The van der Waals surface area contributed by atoms with Crippen LogP contribution in [0.1, 0.15) is 45.6 Å². The van der Waals surface area contributed by atoms with E-state index >= 15 is 0 Å². The molecule has 0 spiro atoms. The minimum Gasteiger partial charge on any atom is -0.398 e. The van der Waals surface area contributed by atoms with Gasteiger partial charge in [0.15, 0.2) is 0 Å². The maximum Gasteiger partial charge on any atom is 0.111 e. The van der Waals surface area contributed by atoms with E-state index in [-0.39, 0.29) is 12.2 Å². The average Bonchev–Trinajstić information content (AvgIpc) is 2.79. The van der Waals surface area contributed by atoms with E-state index in [9.17, 15) is 0 Å². The third-order valence-electron chi connectivity index (χ3n) is 5.53. The maximum absolute atomic E-state index is 6.91. The Hall–Kier alpha value is -3.56. The van der Waals surface area contributed by atoms with E-state index in [2.05, 4.69) is 50.2 Å². The van der Waals surface area contributed by atoms with Crippen LogP contribution in [0.3, 0.4) is 0 Å². The summed E-state index contributed by atoms with van der Waals surface area (Å²) in [6.07, 6.45) is -0.683. The Morgan fingerprint density at radius 3 is 1.32 bits per heavy atom. The Bertz CT molecular complexity index is 1060. The summed E-state index contributed by atoms with van der Waals surface area (Å²) in [7, 11) is 0. The number of ether oxygens (including phenoxy) is 1. The zero-order valence-corrected chi connectivity index (χ0v) is 18.0. The molecule has 0 fully saturated rings. The van der Waals surface area contributed by atoms with Gasteiger partial charge < -0.3 is 16.2 Å². The molecule has 0 heterocycles. The second kappa shape index (κ2) is 9.07. The van der Waals surface area contributed by atoms with Gasteiger partial charge in [0.1, 0.15) is 12.2 Å². The van der Waals surface area contributed by atoms with Crippen LogP contribution in [0.5, 0.6) is 0 Å². The number of benzene rings is 4. The van der Waals surface area contributed by atoms with Crippen molar-refractivity contribution in [1.29, 1.82) is 0 Å². The number of aryl methyl sites for hydroxylation is 2. The lowest BCUT2D eigenvalue weighted by molar-refractivity contribution is 0.0316. The SMILES string of the molecule is Cc1ccc(N)c(C(OC(c2ccccc2)c2cc(C)ccc2N)c2ccccc2)c1. The summed E-state index contributed by atoms with van der Waals surface area (Å²) in [5, 5.41) is 0. The van der Waals surface area contributed by atoms with Crippen LogP contribution in [0.25, 0.3) is 0 Å².